The van der Waals surface area contributed by atoms with Gasteiger partial charge in [-0.2, -0.15) is 9.40 Å². The minimum absolute atomic E-state index is 0.107. The Morgan fingerprint density at radius 1 is 1.29 bits per heavy atom. The molecule has 0 N–H and O–H groups in total. The predicted molar refractivity (Wildman–Crippen MR) is 86.7 cm³/mol. The van der Waals surface area contributed by atoms with Gasteiger partial charge in [0.25, 0.3) is 5.56 Å². The third-order valence-electron chi connectivity index (χ3n) is 3.89. The third kappa shape index (κ3) is 3.54. The van der Waals surface area contributed by atoms with Crippen LogP contribution in [-0.2, 0) is 29.7 Å². The minimum Gasteiger partial charge on any atom is -0.295 e. The predicted octanol–water partition coefficient (Wildman–Crippen LogP) is -0.171. The van der Waals surface area contributed by atoms with Crippen LogP contribution in [0.15, 0.2) is 23.5 Å². The van der Waals surface area contributed by atoms with Crippen molar-refractivity contribution < 1.29 is 8.42 Å². The average Bonchev–Trinajstić information content (AvgIpc) is 2.91. The van der Waals surface area contributed by atoms with Gasteiger partial charge in [0, 0.05) is 19.2 Å². The van der Waals surface area contributed by atoms with Crippen molar-refractivity contribution in [3.63, 3.8) is 0 Å². The zero-order valence-electron chi connectivity index (χ0n) is 13.5. The molecule has 0 saturated carbocycles. The van der Waals surface area contributed by atoms with Crippen LogP contribution in [0.4, 0.5) is 0 Å². The van der Waals surface area contributed by atoms with E-state index in [0.717, 1.165) is 0 Å². The van der Waals surface area contributed by atoms with Gasteiger partial charge in [0.1, 0.15) is 18.5 Å². The summed E-state index contributed by atoms with van der Waals surface area (Å²) in [5.41, 5.74) is 0.386. The fourth-order valence-electron chi connectivity index (χ4n) is 2.79. The molecule has 9 nitrogen and oxygen atoms in total. The first-order valence-electron chi connectivity index (χ1n) is 7.89. The Balaban J connectivity index is 1.93. The zero-order chi connectivity index (χ0) is 17.2. The van der Waals surface area contributed by atoms with E-state index in [9.17, 15) is 13.2 Å². The molecule has 0 atom stereocenters. The van der Waals surface area contributed by atoms with Crippen LogP contribution in [0, 0.1) is 0 Å². The number of nitrogens with zero attached hydrogens (tertiary/aromatic N) is 6. The molecule has 0 fully saturated rings. The molecule has 2 aromatic rings. The van der Waals surface area contributed by atoms with Gasteiger partial charge in [-0.15, -0.1) is 0 Å². The minimum atomic E-state index is -3.32. The highest BCUT2D eigenvalue weighted by Crippen LogP contribution is 2.14. The van der Waals surface area contributed by atoms with Crippen molar-refractivity contribution in [2.24, 2.45) is 0 Å². The highest BCUT2D eigenvalue weighted by atomic mass is 32.2. The van der Waals surface area contributed by atoms with Crippen molar-refractivity contribution in [3.05, 3.63) is 40.6 Å². The summed E-state index contributed by atoms with van der Waals surface area (Å²) in [6.07, 6.45) is 4.11. The molecule has 130 valence electrons. The molecule has 0 bridgehead atoms. The van der Waals surface area contributed by atoms with Gasteiger partial charge in [-0.05, 0) is 12.8 Å². The van der Waals surface area contributed by atoms with Crippen molar-refractivity contribution in [3.8, 4) is 0 Å². The molecule has 0 amide bonds. The summed E-state index contributed by atoms with van der Waals surface area (Å²) in [4.78, 5) is 20.7. The van der Waals surface area contributed by atoms with Crippen LogP contribution in [0.2, 0.25) is 0 Å². The lowest BCUT2D eigenvalue weighted by Gasteiger charge is -2.19. The molecule has 0 aliphatic carbocycles. The van der Waals surface area contributed by atoms with E-state index in [2.05, 4.69) is 15.1 Å². The Bertz CT molecular complexity index is 859. The number of sulfonamides is 1. The van der Waals surface area contributed by atoms with E-state index in [0.29, 0.717) is 44.0 Å². The maximum atomic E-state index is 12.4. The number of hydrogen-bond donors (Lipinski definition) is 0. The molecule has 0 unspecified atom stereocenters. The van der Waals surface area contributed by atoms with Crippen LogP contribution < -0.4 is 5.56 Å². The highest BCUT2D eigenvalue weighted by Gasteiger charge is 2.26. The lowest BCUT2D eigenvalue weighted by Crippen LogP contribution is -2.33. The molecule has 0 saturated heterocycles. The van der Waals surface area contributed by atoms with Crippen LogP contribution >= 0.6 is 0 Å². The van der Waals surface area contributed by atoms with Gasteiger partial charge in [0.15, 0.2) is 0 Å². The summed E-state index contributed by atoms with van der Waals surface area (Å²) in [5.74, 6) is 0.588. The normalized spacial score (nSPS) is 15.9. The van der Waals surface area contributed by atoms with E-state index in [-0.39, 0.29) is 17.9 Å². The summed E-state index contributed by atoms with van der Waals surface area (Å²) < 4.78 is 29.3. The summed E-state index contributed by atoms with van der Waals surface area (Å²) in [6.45, 7) is 3.17. The van der Waals surface area contributed by atoms with Gasteiger partial charge in [0.2, 0.25) is 10.0 Å². The molecule has 3 rings (SSSR count). The largest absolute Gasteiger partial charge is 0.295 e. The van der Waals surface area contributed by atoms with E-state index in [1.807, 2.05) is 6.92 Å². The van der Waals surface area contributed by atoms with E-state index in [1.54, 1.807) is 15.6 Å². The molecule has 24 heavy (non-hydrogen) atoms. The van der Waals surface area contributed by atoms with Crippen LogP contribution in [0.5, 0.6) is 0 Å². The Morgan fingerprint density at radius 3 is 2.83 bits per heavy atom. The van der Waals surface area contributed by atoms with Crippen LogP contribution in [0.1, 0.15) is 31.3 Å². The highest BCUT2D eigenvalue weighted by molar-refractivity contribution is 7.89. The molecule has 2 aromatic heterocycles. The van der Waals surface area contributed by atoms with Crippen molar-refractivity contribution in [1.29, 1.82) is 0 Å². The van der Waals surface area contributed by atoms with E-state index in [1.165, 1.54) is 16.7 Å². The number of hydrogen-bond acceptors (Lipinski definition) is 6. The molecular weight excluding hydrogens is 332 g/mol. The Labute approximate surface area is 140 Å². The SMILES string of the molecule is CCCS(=O)(=O)N1CCCn2c(nc(Cn3cncn3)cc2=O)C1. The summed E-state index contributed by atoms with van der Waals surface area (Å²) in [6, 6.07) is 1.47. The molecule has 0 spiro atoms. The molecule has 1 aliphatic heterocycles. The van der Waals surface area contributed by atoms with Gasteiger partial charge in [0.05, 0.1) is 24.5 Å². The van der Waals surface area contributed by atoms with E-state index < -0.39 is 10.0 Å². The average molecular weight is 352 g/mol. The molecule has 10 heteroatoms. The van der Waals surface area contributed by atoms with Crippen molar-refractivity contribution >= 4 is 10.0 Å². The Morgan fingerprint density at radius 2 is 2.12 bits per heavy atom. The quantitative estimate of drug-likeness (QED) is 0.740. The third-order valence-corrected chi connectivity index (χ3v) is 5.92. The van der Waals surface area contributed by atoms with E-state index >= 15 is 0 Å². The van der Waals surface area contributed by atoms with Gasteiger partial charge < -0.3 is 0 Å². The first-order chi connectivity index (χ1) is 11.5. The first kappa shape index (κ1) is 16.8. The van der Waals surface area contributed by atoms with Crippen LogP contribution in [0.25, 0.3) is 0 Å². The number of fused-ring (bicyclic) bond motifs is 1. The molecule has 0 aromatic carbocycles. The summed E-state index contributed by atoms with van der Waals surface area (Å²) in [5, 5.41) is 4.00. The van der Waals surface area contributed by atoms with Crippen LogP contribution in [0.3, 0.4) is 0 Å². The summed E-state index contributed by atoms with van der Waals surface area (Å²) in [7, 11) is -3.32. The summed E-state index contributed by atoms with van der Waals surface area (Å²) >= 11 is 0. The Hall–Kier alpha value is -2.07. The number of rotatable bonds is 5. The van der Waals surface area contributed by atoms with Crippen LogP contribution in [-0.4, -0.2) is 49.3 Å². The second-order valence-electron chi connectivity index (χ2n) is 5.75. The molecule has 0 radical (unpaired) electrons. The second kappa shape index (κ2) is 6.81. The first-order valence-corrected chi connectivity index (χ1v) is 9.50. The lowest BCUT2D eigenvalue weighted by atomic mass is 10.3. The smallest absolute Gasteiger partial charge is 0.253 e. The van der Waals surface area contributed by atoms with Gasteiger partial charge >= 0.3 is 0 Å². The molecular formula is C14H20N6O3S. The number of aromatic nitrogens is 5. The molecule has 1 aliphatic rings. The van der Waals surface area contributed by atoms with Gasteiger partial charge in [-0.25, -0.2) is 23.1 Å². The van der Waals surface area contributed by atoms with Crippen molar-refractivity contribution in [2.45, 2.75) is 39.4 Å². The second-order valence-corrected chi connectivity index (χ2v) is 7.84. The van der Waals surface area contributed by atoms with Crippen molar-refractivity contribution in [1.82, 2.24) is 28.6 Å². The monoisotopic (exact) mass is 352 g/mol. The van der Waals surface area contributed by atoms with Gasteiger partial charge in [-0.1, -0.05) is 6.92 Å². The molecule has 3 heterocycles. The fourth-order valence-corrected chi connectivity index (χ4v) is 4.29. The maximum Gasteiger partial charge on any atom is 0.253 e. The maximum absolute atomic E-state index is 12.4. The standard InChI is InChI=1S/C14H20N6O3S/c1-2-6-24(22,23)19-4-3-5-20-13(9-19)17-12(7-14(20)21)8-18-11-15-10-16-18/h7,10-11H,2-6,8-9H2,1H3. The van der Waals surface area contributed by atoms with E-state index in [4.69, 9.17) is 0 Å². The van der Waals surface area contributed by atoms with Gasteiger partial charge in [-0.3, -0.25) is 9.36 Å². The lowest BCUT2D eigenvalue weighted by molar-refractivity contribution is 0.406. The topological polar surface area (TPSA) is 103 Å². The zero-order valence-corrected chi connectivity index (χ0v) is 14.3. The van der Waals surface area contributed by atoms with Crippen molar-refractivity contribution in [2.75, 3.05) is 12.3 Å². The fraction of sp³-hybridized carbons (Fsp3) is 0.571. The Kier molecular flexibility index (Phi) is 4.76.